The minimum absolute atomic E-state index is 0.0945. The average Bonchev–Trinajstić information content (AvgIpc) is 2.74. The third-order valence-electron chi connectivity index (χ3n) is 2.08. The lowest BCUT2D eigenvalue weighted by Gasteiger charge is -2.06. The minimum atomic E-state index is -0.0945. The number of amides is 1. The van der Waals surface area contributed by atoms with E-state index in [1.54, 1.807) is 30.5 Å². The SMILES string of the molecule is CC(=O)Nc1ccc(OCc2cnc(Cl)s2)cc1. The second-order valence-electron chi connectivity index (χ2n) is 3.57. The van der Waals surface area contributed by atoms with Gasteiger partial charge in [0.2, 0.25) is 5.91 Å². The van der Waals surface area contributed by atoms with E-state index in [9.17, 15) is 4.79 Å². The van der Waals surface area contributed by atoms with Crippen LogP contribution in [0.25, 0.3) is 0 Å². The lowest BCUT2D eigenvalue weighted by atomic mass is 10.3. The van der Waals surface area contributed by atoms with Gasteiger partial charge in [0.05, 0.1) is 4.88 Å². The van der Waals surface area contributed by atoms with E-state index in [4.69, 9.17) is 16.3 Å². The van der Waals surface area contributed by atoms with Gasteiger partial charge < -0.3 is 10.1 Å². The molecule has 4 nitrogen and oxygen atoms in total. The second-order valence-corrected chi connectivity index (χ2v) is 5.27. The van der Waals surface area contributed by atoms with E-state index < -0.39 is 0 Å². The second kappa shape index (κ2) is 5.84. The van der Waals surface area contributed by atoms with Gasteiger partial charge in [-0.2, -0.15) is 0 Å². The van der Waals surface area contributed by atoms with E-state index in [0.29, 0.717) is 11.1 Å². The first-order valence-corrected chi connectivity index (χ1v) is 6.43. The maximum Gasteiger partial charge on any atom is 0.221 e. The summed E-state index contributed by atoms with van der Waals surface area (Å²) in [5, 5.41) is 2.69. The van der Waals surface area contributed by atoms with Crippen LogP contribution in [0.15, 0.2) is 30.5 Å². The van der Waals surface area contributed by atoms with Crippen LogP contribution in [0, 0.1) is 0 Å². The highest BCUT2D eigenvalue weighted by atomic mass is 35.5. The van der Waals surface area contributed by atoms with Crippen LogP contribution in [-0.4, -0.2) is 10.9 Å². The summed E-state index contributed by atoms with van der Waals surface area (Å²) in [6.07, 6.45) is 1.69. The Hall–Kier alpha value is -1.59. The van der Waals surface area contributed by atoms with Crippen molar-refractivity contribution in [3.05, 3.63) is 39.8 Å². The molecule has 6 heteroatoms. The van der Waals surface area contributed by atoms with Crippen molar-refractivity contribution >= 4 is 34.5 Å². The predicted octanol–water partition coefficient (Wildman–Crippen LogP) is 3.33. The quantitative estimate of drug-likeness (QED) is 0.936. The largest absolute Gasteiger partial charge is 0.488 e. The summed E-state index contributed by atoms with van der Waals surface area (Å²) < 4.78 is 6.07. The number of halogens is 1. The van der Waals surface area contributed by atoms with Crippen LogP contribution in [0.1, 0.15) is 11.8 Å². The highest BCUT2D eigenvalue weighted by Crippen LogP contribution is 2.21. The normalized spacial score (nSPS) is 10.1. The summed E-state index contributed by atoms with van der Waals surface area (Å²) in [5.41, 5.74) is 0.746. The van der Waals surface area contributed by atoms with E-state index in [2.05, 4.69) is 10.3 Å². The maximum absolute atomic E-state index is 10.9. The molecular weight excluding hydrogens is 272 g/mol. The molecular formula is C12H11ClN2O2S. The third kappa shape index (κ3) is 3.72. The van der Waals surface area contributed by atoms with Gasteiger partial charge in [-0.1, -0.05) is 11.6 Å². The number of anilines is 1. The molecule has 0 bridgehead atoms. The average molecular weight is 283 g/mol. The number of ether oxygens (including phenoxy) is 1. The van der Waals surface area contributed by atoms with Gasteiger partial charge in [0.25, 0.3) is 0 Å². The van der Waals surface area contributed by atoms with E-state index in [0.717, 1.165) is 16.3 Å². The van der Waals surface area contributed by atoms with Crippen LogP contribution in [0.3, 0.4) is 0 Å². The van der Waals surface area contributed by atoms with Crippen LogP contribution in [-0.2, 0) is 11.4 Å². The van der Waals surface area contributed by atoms with Gasteiger partial charge >= 0.3 is 0 Å². The van der Waals surface area contributed by atoms with Gasteiger partial charge in [0.15, 0.2) is 4.47 Å². The zero-order valence-corrected chi connectivity index (χ0v) is 11.2. The zero-order valence-electron chi connectivity index (χ0n) is 9.64. The highest BCUT2D eigenvalue weighted by molar-refractivity contribution is 7.15. The molecule has 0 unspecified atom stereocenters. The Bertz CT molecular complexity index is 539. The van der Waals surface area contributed by atoms with Gasteiger partial charge in [-0.15, -0.1) is 11.3 Å². The molecule has 2 aromatic rings. The smallest absolute Gasteiger partial charge is 0.221 e. The molecule has 0 fully saturated rings. The number of hydrogen-bond donors (Lipinski definition) is 1. The molecule has 1 aromatic carbocycles. The molecule has 0 atom stereocenters. The number of nitrogens with zero attached hydrogens (tertiary/aromatic N) is 1. The zero-order chi connectivity index (χ0) is 13.0. The molecule has 1 amide bonds. The molecule has 0 saturated carbocycles. The number of benzene rings is 1. The summed E-state index contributed by atoms with van der Waals surface area (Å²) in [5.74, 6) is 0.636. The lowest BCUT2D eigenvalue weighted by molar-refractivity contribution is -0.114. The molecule has 1 heterocycles. The molecule has 0 aliphatic heterocycles. The van der Waals surface area contributed by atoms with Gasteiger partial charge in [0.1, 0.15) is 12.4 Å². The van der Waals surface area contributed by atoms with E-state index in [1.165, 1.54) is 18.3 Å². The van der Waals surface area contributed by atoms with Crippen molar-refractivity contribution in [3.63, 3.8) is 0 Å². The van der Waals surface area contributed by atoms with Crippen LogP contribution >= 0.6 is 22.9 Å². The summed E-state index contributed by atoms with van der Waals surface area (Å²) in [6, 6.07) is 7.18. The third-order valence-corrected chi connectivity index (χ3v) is 3.17. The maximum atomic E-state index is 10.9. The van der Waals surface area contributed by atoms with Gasteiger partial charge in [-0.05, 0) is 24.3 Å². The van der Waals surface area contributed by atoms with Crippen molar-refractivity contribution in [2.75, 3.05) is 5.32 Å². The molecule has 0 saturated heterocycles. The predicted molar refractivity (Wildman–Crippen MR) is 72.2 cm³/mol. The number of rotatable bonds is 4. The lowest BCUT2D eigenvalue weighted by Crippen LogP contribution is -2.05. The van der Waals surface area contributed by atoms with Gasteiger partial charge in [0, 0.05) is 18.8 Å². The minimum Gasteiger partial charge on any atom is -0.488 e. The molecule has 1 N–H and O–H groups in total. The van der Waals surface area contributed by atoms with E-state index >= 15 is 0 Å². The molecule has 94 valence electrons. The van der Waals surface area contributed by atoms with E-state index in [1.807, 2.05) is 0 Å². The van der Waals surface area contributed by atoms with Crippen LogP contribution in [0.5, 0.6) is 5.75 Å². The molecule has 18 heavy (non-hydrogen) atoms. The van der Waals surface area contributed by atoms with Crippen LogP contribution < -0.4 is 10.1 Å². The molecule has 0 spiro atoms. The number of carbonyl (C=O) groups excluding carboxylic acids is 1. The summed E-state index contributed by atoms with van der Waals surface area (Å²) in [6.45, 7) is 1.90. The fourth-order valence-corrected chi connectivity index (χ4v) is 2.23. The Morgan fingerprint density at radius 2 is 2.17 bits per heavy atom. The number of nitrogens with one attached hydrogen (secondary N) is 1. The van der Waals surface area contributed by atoms with Crippen molar-refractivity contribution in [2.24, 2.45) is 0 Å². The number of hydrogen-bond acceptors (Lipinski definition) is 4. The van der Waals surface area contributed by atoms with E-state index in [-0.39, 0.29) is 5.91 Å². The number of aromatic nitrogens is 1. The fraction of sp³-hybridized carbons (Fsp3) is 0.167. The summed E-state index contributed by atoms with van der Waals surface area (Å²) in [7, 11) is 0. The molecule has 0 aliphatic rings. The van der Waals surface area contributed by atoms with Crippen molar-refractivity contribution < 1.29 is 9.53 Å². The summed E-state index contributed by atoms with van der Waals surface area (Å²) in [4.78, 5) is 15.7. The molecule has 0 radical (unpaired) electrons. The molecule has 0 aliphatic carbocycles. The molecule has 2 rings (SSSR count). The number of thiazole rings is 1. The standard InChI is InChI=1S/C12H11ClN2O2S/c1-8(16)15-9-2-4-10(5-3-9)17-7-11-6-14-12(13)18-11/h2-6H,7H2,1H3,(H,15,16). The molecule has 1 aromatic heterocycles. The Balaban J connectivity index is 1.92. The monoisotopic (exact) mass is 282 g/mol. The topological polar surface area (TPSA) is 51.2 Å². The summed E-state index contributed by atoms with van der Waals surface area (Å²) >= 11 is 7.11. The van der Waals surface area contributed by atoms with Crippen molar-refractivity contribution in [1.29, 1.82) is 0 Å². The van der Waals surface area contributed by atoms with Crippen LogP contribution in [0.2, 0.25) is 4.47 Å². The van der Waals surface area contributed by atoms with Gasteiger partial charge in [-0.3, -0.25) is 4.79 Å². The first kappa shape index (κ1) is 12.9. The fourth-order valence-electron chi connectivity index (χ4n) is 1.34. The first-order valence-electron chi connectivity index (χ1n) is 5.24. The highest BCUT2D eigenvalue weighted by Gasteiger charge is 2.01. The Kier molecular flexibility index (Phi) is 4.17. The van der Waals surface area contributed by atoms with Crippen molar-refractivity contribution in [1.82, 2.24) is 4.98 Å². The van der Waals surface area contributed by atoms with Crippen molar-refractivity contribution in [2.45, 2.75) is 13.5 Å². The number of carbonyl (C=O) groups is 1. The van der Waals surface area contributed by atoms with Crippen LogP contribution in [0.4, 0.5) is 5.69 Å². The Morgan fingerprint density at radius 1 is 1.44 bits per heavy atom. The Labute approximate surface area is 114 Å². The first-order chi connectivity index (χ1) is 8.63. The Morgan fingerprint density at radius 3 is 2.72 bits per heavy atom. The van der Waals surface area contributed by atoms with Gasteiger partial charge in [-0.25, -0.2) is 4.98 Å². The van der Waals surface area contributed by atoms with Crippen molar-refractivity contribution in [3.8, 4) is 5.75 Å².